The van der Waals surface area contributed by atoms with E-state index in [-0.39, 0.29) is 23.6 Å². The highest BCUT2D eigenvalue weighted by molar-refractivity contribution is 9.10. The Hall–Kier alpha value is -1.83. The van der Waals surface area contributed by atoms with Gasteiger partial charge < -0.3 is 10.5 Å². The van der Waals surface area contributed by atoms with E-state index in [1.54, 1.807) is 6.07 Å². The van der Waals surface area contributed by atoms with Crippen LogP contribution in [0.3, 0.4) is 0 Å². The van der Waals surface area contributed by atoms with Crippen LogP contribution in [-0.4, -0.2) is 0 Å². The highest BCUT2D eigenvalue weighted by Gasteiger charge is 2.33. The van der Waals surface area contributed by atoms with Crippen LogP contribution in [0, 0.1) is 11.6 Å². The minimum atomic E-state index is -4.85. The van der Waals surface area contributed by atoms with Gasteiger partial charge in [0.2, 0.25) is 0 Å². The van der Waals surface area contributed by atoms with Crippen LogP contribution in [0.15, 0.2) is 34.8 Å². The van der Waals surface area contributed by atoms with Crippen molar-refractivity contribution in [1.29, 1.82) is 0 Å². The van der Waals surface area contributed by atoms with E-state index in [0.29, 0.717) is 4.47 Å². The summed E-state index contributed by atoms with van der Waals surface area (Å²) in [6.07, 6.45) is -4.85. The van der Waals surface area contributed by atoms with Gasteiger partial charge >= 0.3 is 6.18 Å². The lowest BCUT2D eigenvalue weighted by molar-refractivity contribution is -0.138. The molecule has 0 fully saturated rings. The molecule has 0 aliphatic carbocycles. The molecule has 2 nitrogen and oxygen atoms in total. The first-order valence-corrected chi connectivity index (χ1v) is 6.27. The average molecular weight is 368 g/mol. The minimum Gasteiger partial charge on any atom is -0.449 e. The number of benzene rings is 2. The molecular weight excluding hydrogens is 361 g/mol. The number of hydrogen-bond donors (Lipinski definition) is 1. The zero-order valence-electron chi connectivity index (χ0n) is 10.1. The van der Waals surface area contributed by atoms with E-state index < -0.39 is 29.1 Å². The molecule has 0 bridgehead atoms. The zero-order chi connectivity index (χ0) is 15.8. The second kappa shape index (κ2) is 5.51. The van der Waals surface area contributed by atoms with Gasteiger partial charge in [-0.1, -0.05) is 15.9 Å². The van der Waals surface area contributed by atoms with Gasteiger partial charge in [-0.05, 0) is 30.3 Å². The van der Waals surface area contributed by atoms with Gasteiger partial charge in [0.05, 0.1) is 11.3 Å². The molecule has 21 heavy (non-hydrogen) atoms. The summed E-state index contributed by atoms with van der Waals surface area (Å²) in [5, 5.41) is 0. The van der Waals surface area contributed by atoms with E-state index in [9.17, 15) is 22.0 Å². The number of nitrogen functional groups attached to an aromatic ring is 1. The van der Waals surface area contributed by atoms with E-state index in [4.69, 9.17) is 10.5 Å². The Kier molecular flexibility index (Phi) is 4.08. The van der Waals surface area contributed by atoms with Gasteiger partial charge in [-0.25, -0.2) is 8.78 Å². The molecule has 0 radical (unpaired) electrons. The Balaban J connectivity index is 2.44. The maximum atomic E-state index is 13.6. The maximum Gasteiger partial charge on any atom is 0.416 e. The van der Waals surface area contributed by atoms with E-state index in [0.717, 1.165) is 0 Å². The monoisotopic (exact) mass is 367 g/mol. The Morgan fingerprint density at radius 3 is 2.10 bits per heavy atom. The fraction of sp³-hybridized carbons (Fsp3) is 0.0769. The topological polar surface area (TPSA) is 35.2 Å². The lowest BCUT2D eigenvalue weighted by Gasteiger charge is -2.13. The third-order valence-corrected chi connectivity index (χ3v) is 3.01. The Morgan fingerprint density at radius 1 is 1.00 bits per heavy atom. The number of alkyl halides is 3. The number of ether oxygens (including phenoxy) is 1. The van der Waals surface area contributed by atoms with Crippen molar-refractivity contribution in [2.24, 2.45) is 0 Å². The van der Waals surface area contributed by atoms with E-state index in [1.807, 2.05) is 0 Å². The summed E-state index contributed by atoms with van der Waals surface area (Å²) in [7, 11) is 0. The largest absolute Gasteiger partial charge is 0.449 e. The van der Waals surface area contributed by atoms with Gasteiger partial charge in [-0.2, -0.15) is 13.2 Å². The second-order valence-electron chi connectivity index (χ2n) is 4.05. The number of nitrogens with two attached hydrogens (primary N) is 1. The molecule has 0 saturated heterocycles. The summed E-state index contributed by atoms with van der Waals surface area (Å²) < 4.78 is 70.0. The molecule has 0 atom stereocenters. The van der Waals surface area contributed by atoms with E-state index in [1.165, 1.54) is 12.1 Å². The quantitative estimate of drug-likeness (QED) is 0.590. The average Bonchev–Trinajstić information content (AvgIpc) is 2.36. The molecule has 0 amide bonds. The minimum absolute atomic E-state index is 0.0805. The molecule has 0 heterocycles. The van der Waals surface area contributed by atoms with Crippen molar-refractivity contribution in [3.05, 3.63) is 52.0 Å². The van der Waals surface area contributed by atoms with Crippen molar-refractivity contribution in [3.8, 4) is 11.5 Å². The molecule has 112 valence electrons. The Bertz CT molecular complexity index is 664. The molecule has 0 aliphatic rings. The van der Waals surface area contributed by atoms with Crippen LogP contribution in [-0.2, 0) is 6.18 Å². The fourth-order valence-corrected chi connectivity index (χ4v) is 1.87. The molecule has 0 aromatic heterocycles. The molecule has 0 aliphatic heterocycles. The van der Waals surface area contributed by atoms with Gasteiger partial charge in [0.15, 0.2) is 23.1 Å². The molecule has 2 rings (SSSR count). The standard InChI is InChI=1S/C13H7BrF5NO/c14-7-1-2-10(20)11(5-7)21-12-8(15)3-6(4-9(12)16)13(17,18)19/h1-5H,20H2. The summed E-state index contributed by atoms with van der Waals surface area (Å²) in [5.74, 6) is -3.97. The number of halogens is 6. The van der Waals surface area contributed by atoms with Crippen LogP contribution in [0.2, 0.25) is 0 Å². The van der Waals surface area contributed by atoms with Gasteiger partial charge in [0.1, 0.15) is 0 Å². The highest BCUT2D eigenvalue weighted by Crippen LogP contribution is 2.37. The molecule has 2 aromatic carbocycles. The molecule has 0 saturated carbocycles. The molecule has 0 spiro atoms. The number of hydrogen-bond acceptors (Lipinski definition) is 2. The summed E-state index contributed by atoms with van der Waals surface area (Å²) in [4.78, 5) is 0. The summed E-state index contributed by atoms with van der Waals surface area (Å²) >= 11 is 3.11. The molecule has 2 aromatic rings. The van der Waals surface area contributed by atoms with Gasteiger partial charge in [-0.3, -0.25) is 0 Å². The Labute approximate surface area is 124 Å². The third-order valence-electron chi connectivity index (χ3n) is 2.51. The van der Waals surface area contributed by atoms with E-state index in [2.05, 4.69) is 15.9 Å². The van der Waals surface area contributed by atoms with Crippen molar-refractivity contribution in [2.45, 2.75) is 6.18 Å². The maximum absolute atomic E-state index is 13.6. The van der Waals surface area contributed by atoms with Crippen molar-refractivity contribution in [1.82, 2.24) is 0 Å². The first-order chi connectivity index (χ1) is 9.68. The zero-order valence-corrected chi connectivity index (χ0v) is 11.7. The van der Waals surface area contributed by atoms with Crippen molar-refractivity contribution in [3.63, 3.8) is 0 Å². The smallest absolute Gasteiger partial charge is 0.416 e. The predicted molar refractivity (Wildman–Crippen MR) is 70.0 cm³/mol. The molecule has 8 heteroatoms. The van der Waals surface area contributed by atoms with Gasteiger partial charge in [-0.15, -0.1) is 0 Å². The Morgan fingerprint density at radius 2 is 1.57 bits per heavy atom. The fourth-order valence-electron chi connectivity index (χ4n) is 1.53. The van der Waals surface area contributed by atoms with Crippen LogP contribution in [0.5, 0.6) is 11.5 Å². The van der Waals surface area contributed by atoms with Crippen LogP contribution < -0.4 is 10.5 Å². The summed E-state index contributed by atoms with van der Waals surface area (Å²) in [6, 6.07) is 4.64. The molecule has 0 unspecified atom stereocenters. The lowest BCUT2D eigenvalue weighted by Crippen LogP contribution is -2.07. The first kappa shape index (κ1) is 15.6. The van der Waals surface area contributed by atoms with Crippen LogP contribution in [0.25, 0.3) is 0 Å². The van der Waals surface area contributed by atoms with Crippen LogP contribution in [0.1, 0.15) is 5.56 Å². The summed E-state index contributed by atoms with van der Waals surface area (Å²) in [5.41, 5.74) is 4.21. The molecular formula is C13H7BrF5NO. The second-order valence-corrected chi connectivity index (χ2v) is 4.97. The van der Waals surface area contributed by atoms with Gasteiger partial charge in [0, 0.05) is 4.47 Å². The normalized spacial score (nSPS) is 11.5. The number of anilines is 1. The van der Waals surface area contributed by atoms with Gasteiger partial charge in [0.25, 0.3) is 0 Å². The van der Waals surface area contributed by atoms with E-state index >= 15 is 0 Å². The predicted octanol–water partition coefficient (Wildman–Crippen LogP) is 5.12. The van der Waals surface area contributed by atoms with Crippen LogP contribution in [0.4, 0.5) is 27.6 Å². The van der Waals surface area contributed by atoms with Crippen LogP contribution >= 0.6 is 15.9 Å². The van der Waals surface area contributed by atoms with Crippen molar-refractivity contribution < 1.29 is 26.7 Å². The SMILES string of the molecule is Nc1ccc(Br)cc1Oc1c(F)cc(C(F)(F)F)cc1F. The number of rotatable bonds is 2. The summed E-state index contributed by atoms with van der Waals surface area (Å²) in [6.45, 7) is 0. The van der Waals surface area contributed by atoms with Crippen molar-refractivity contribution in [2.75, 3.05) is 5.73 Å². The lowest BCUT2D eigenvalue weighted by atomic mass is 10.2. The van der Waals surface area contributed by atoms with Crippen molar-refractivity contribution >= 4 is 21.6 Å². The molecule has 2 N–H and O–H groups in total. The first-order valence-electron chi connectivity index (χ1n) is 5.47. The third kappa shape index (κ3) is 3.44. The highest BCUT2D eigenvalue weighted by atomic mass is 79.9.